The molecule has 1 saturated heterocycles. The summed E-state index contributed by atoms with van der Waals surface area (Å²) in [7, 11) is 1.64. The molecule has 0 radical (unpaired) electrons. The van der Waals surface area contributed by atoms with E-state index in [1.54, 1.807) is 16.9 Å². The van der Waals surface area contributed by atoms with Crippen LogP contribution < -0.4 is 4.74 Å². The molecule has 36 heavy (non-hydrogen) atoms. The molecule has 1 N–H and O–H groups in total. The van der Waals surface area contributed by atoms with Gasteiger partial charge in [0.2, 0.25) is 11.8 Å². The molecular formula is C29H26ClN3O3. The average molecular weight is 500 g/mol. The number of aromatic amines is 1. The van der Waals surface area contributed by atoms with E-state index in [9.17, 15) is 9.59 Å². The van der Waals surface area contributed by atoms with E-state index in [0.717, 1.165) is 39.0 Å². The highest BCUT2D eigenvalue weighted by Gasteiger charge is 2.48. The van der Waals surface area contributed by atoms with Crippen LogP contribution in [0.15, 0.2) is 72.8 Å². The van der Waals surface area contributed by atoms with E-state index in [2.05, 4.69) is 11.1 Å². The second kappa shape index (κ2) is 9.03. The number of hydrogen-bond donors (Lipinski definition) is 1. The molecule has 6 rings (SSSR count). The van der Waals surface area contributed by atoms with E-state index in [1.165, 1.54) is 0 Å². The summed E-state index contributed by atoms with van der Waals surface area (Å²) in [6.07, 6.45) is 1.17. The molecule has 2 atom stereocenters. The minimum absolute atomic E-state index is 0.00185. The molecule has 2 aliphatic heterocycles. The molecule has 3 heterocycles. The number of amides is 2. The topological polar surface area (TPSA) is 65.6 Å². The van der Waals surface area contributed by atoms with E-state index in [4.69, 9.17) is 16.3 Å². The lowest BCUT2D eigenvalue weighted by Crippen LogP contribution is -2.63. The number of carbonyl (C=O) groups excluding carboxylic acids is 2. The number of methoxy groups -OCH3 is 1. The molecule has 0 spiro atoms. The number of H-pyrrole nitrogens is 1. The van der Waals surface area contributed by atoms with Crippen LogP contribution in [0.5, 0.6) is 5.75 Å². The van der Waals surface area contributed by atoms with E-state index in [0.29, 0.717) is 24.4 Å². The summed E-state index contributed by atoms with van der Waals surface area (Å²) < 4.78 is 5.23. The molecule has 1 fully saturated rings. The van der Waals surface area contributed by atoms with Crippen molar-refractivity contribution in [2.45, 2.75) is 24.9 Å². The van der Waals surface area contributed by atoms with Gasteiger partial charge in [-0.15, -0.1) is 0 Å². The predicted molar refractivity (Wildman–Crippen MR) is 139 cm³/mol. The number of fused-ring (bicyclic) bond motifs is 4. The van der Waals surface area contributed by atoms with Crippen LogP contribution in [0.25, 0.3) is 10.9 Å². The molecule has 0 bridgehead atoms. The smallest absolute Gasteiger partial charge is 0.246 e. The van der Waals surface area contributed by atoms with E-state index in [1.807, 2.05) is 66.7 Å². The average Bonchev–Trinajstić information content (AvgIpc) is 3.28. The fourth-order valence-corrected chi connectivity index (χ4v) is 5.69. The molecule has 6 nitrogen and oxygen atoms in total. The molecule has 2 amide bonds. The first-order valence-corrected chi connectivity index (χ1v) is 12.5. The molecule has 182 valence electrons. The Balaban J connectivity index is 1.35. The number of halogens is 1. The molecular weight excluding hydrogens is 474 g/mol. The SMILES string of the molecule is COc1ccc(CCN2CC(=O)N3[C@@H](c4ccc(Cl)cc4)c4[nH]c5ccccc5c4C[C@H]3C2=O)cc1. The number of hydrogen-bond acceptors (Lipinski definition) is 3. The third kappa shape index (κ3) is 3.82. The van der Waals surface area contributed by atoms with Gasteiger partial charge in [0, 0.05) is 34.6 Å². The Kier molecular flexibility index (Phi) is 5.69. The van der Waals surface area contributed by atoms with Crippen LogP contribution >= 0.6 is 11.6 Å². The van der Waals surface area contributed by atoms with Gasteiger partial charge in [-0.1, -0.05) is 54.1 Å². The van der Waals surface area contributed by atoms with Crippen molar-refractivity contribution in [2.24, 2.45) is 0 Å². The third-order valence-corrected chi connectivity index (χ3v) is 7.61. The van der Waals surface area contributed by atoms with Gasteiger partial charge in [-0.25, -0.2) is 0 Å². The van der Waals surface area contributed by atoms with E-state index >= 15 is 0 Å². The Bertz CT molecular complexity index is 1450. The normalized spacial score (nSPS) is 19.4. The molecule has 0 unspecified atom stereocenters. The maximum atomic E-state index is 13.8. The van der Waals surface area contributed by atoms with E-state index in [-0.39, 0.29) is 24.4 Å². The highest BCUT2D eigenvalue weighted by Crippen LogP contribution is 2.42. The van der Waals surface area contributed by atoms with Crippen molar-refractivity contribution in [3.05, 3.63) is 100 Å². The molecule has 2 aliphatic rings. The van der Waals surface area contributed by atoms with Crippen LogP contribution in [-0.2, 0) is 22.4 Å². The zero-order valence-corrected chi connectivity index (χ0v) is 20.7. The largest absolute Gasteiger partial charge is 0.497 e. The zero-order valence-electron chi connectivity index (χ0n) is 19.9. The fraction of sp³-hybridized carbons (Fsp3) is 0.241. The van der Waals surface area contributed by atoms with Crippen molar-refractivity contribution in [3.63, 3.8) is 0 Å². The summed E-state index contributed by atoms with van der Waals surface area (Å²) in [5.41, 5.74) is 5.12. The molecule has 4 aromatic rings. The summed E-state index contributed by atoms with van der Waals surface area (Å²) in [5.74, 6) is 0.750. The number of aromatic nitrogens is 1. The molecule has 1 aromatic heterocycles. The van der Waals surface area contributed by atoms with Crippen LogP contribution in [0, 0.1) is 0 Å². The Morgan fingerprint density at radius 3 is 2.50 bits per heavy atom. The maximum Gasteiger partial charge on any atom is 0.246 e. The lowest BCUT2D eigenvalue weighted by Gasteiger charge is -2.47. The first kappa shape index (κ1) is 22.7. The molecule has 3 aromatic carbocycles. The van der Waals surface area contributed by atoms with Crippen LogP contribution in [0.1, 0.15) is 28.4 Å². The Hall–Kier alpha value is -3.77. The van der Waals surface area contributed by atoms with Gasteiger partial charge in [-0.3, -0.25) is 9.59 Å². The van der Waals surface area contributed by atoms with Gasteiger partial charge < -0.3 is 19.5 Å². The number of ether oxygens (including phenoxy) is 1. The third-order valence-electron chi connectivity index (χ3n) is 7.36. The first-order valence-electron chi connectivity index (χ1n) is 12.1. The number of piperazine rings is 1. The van der Waals surface area contributed by atoms with Gasteiger partial charge in [0.15, 0.2) is 0 Å². The van der Waals surface area contributed by atoms with Gasteiger partial charge in [-0.05, 0) is 53.4 Å². The molecule has 0 saturated carbocycles. The minimum Gasteiger partial charge on any atom is -0.497 e. The number of benzene rings is 3. The fourth-order valence-electron chi connectivity index (χ4n) is 5.56. The van der Waals surface area contributed by atoms with Gasteiger partial charge in [0.25, 0.3) is 0 Å². The van der Waals surface area contributed by atoms with Crippen molar-refractivity contribution in [1.29, 1.82) is 0 Å². The van der Waals surface area contributed by atoms with Crippen molar-refractivity contribution >= 4 is 34.3 Å². The second-order valence-corrected chi connectivity index (χ2v) is 9.83. The summed E-state index contributed by atoms with van der Waals surface area (Å²) in [6.45, 7) is 0.568. The zero-order chi connectivity index (χ0) is 24.8. The second-order valence-electron chi connectivity index (χ2n) is 9.40. The van der Waals surface area contributed by atoms with Gasteiger partial charge in [-0.2, -0.15) is 0 Å². The minimum atomic E-state index is -0.547. The number of rotatable bonds is 5. The van der Waals surface area contributed by atoms with Gasteiger partial charge in [0.1, 0.15) is 11.8 Å². The predicted octanol–water partition coefficient (Wildman–Crippen LogP) is 4.76. The van der Waals surface area contributed by atoms with Crippen molar-refractivity contribution < 1.29 is 14.3 Å². The number of nitrogens with one attached hydrogen (secondary N) is 1. The van der Waals surface area contributed by atoms with Crippen molar-refractivity contribution in [1.82, 2.24) is 14.8 Å². The standard InChI is InChI=1S/C29H26ClN3O3/c1-36-21-12-6-18(7-13-21)14-15-32-17-26(34)33-25(29(32)35)16-23-22-4-2-3-5-24(22)31-27(23)28(33)19-8-10-20(30)11-9-19/h2-13,25,28,31H,14-17H2,1H3/t25-,28-/m0/s1. The van der Waals surface area contributed by atoms with Crippen LogP contribution in [0.2, 0.25) is 5.02 Å². The monoisotopic (exact) mass is 499 g/mol. The maximum absolute atomic E-state index is 13.8. The van der Waals surface area contributed by atoms with Gasteiger partial charge in [0.05, 0.1) is 19.7 Å². The first-order chi connectivity index (χ1) is 17.5. The van der Waals surface area contributed by atoms with Crippen LogP contribution in [0.4, 0.5) is 0 Å². The summed E-state index contributed by atoms with van der Waals surface area (Å²) >= 11 is 6.17. The summed E-state index contributed by atoms with van der Waals surface area (Å²) in [6, 6.07) is 22.6. The van der Waals surface area contributed by atoms with Crippen LogP contribution in [-0.4, -0.2) is 52.8 Å². The lowest BCUT2D eigenvalue weighted by molar-refractivity contribution is -0.158. The highest BCUT2D eigenvalue weighted by molar-refractivity contribution is 6.30. The summed E-state index contributed by atoms with van der Waals surface area (Å²) in [4.78, 5) is 34.5. The summed E-state index contributed by atoms with van der Waals surface area (Å²) in [5, 5.41) is 1.73. The number of nitrogens with zero attached hydrogens (tertiary/aromatic N) is 2. The number of para-hydroxylation sites is 1. The Morgan fingerprint density at radius 1 is 1.00 bits per heavy atom. The van der Waals surface area contributed by atoms with Crippen LogP contribution in [0.3, 0.4) is 0 Å². The van der Waals surface area contributed by atoms with E-state index < -0.39 is 6.04 Å². The lowest BCUT2D eigenvalue weighted by atomic mass is 9.86. The number of carbonyl (C=O) groups is 2. The quantitative estimate of drug-likeness (QED) is 0.430. The highest BCUT2D eigenvalue weighted by atomic mass is 35.5. The van der Waals surface area contributed by atoms with Crippen molar-refractivity contribution in [2.75, 3.05) is 20.2 Å². The molecule has 0 aliphatic carbocycles. The molecule has 7 heteroatoms. The Labute approximate surface area is 214 Å². The van der Waals surface area contributed by atoms with Gasteiger partial charge >= 0.3 is 0 Å². The Morgan fingerprint density at radius 2 is 1.75 bits per heavy atom. The van der Waals surface area contributed by atoms with Crippen molar-refractivity contribution in [3.8, 4) is 5.75 Å².